The van der Waals surface area contributed by atoms with E-state index < -0.39 is 0 Å². The van der Waals surface area contributed by atoms with Gasteiger partial charge in [0.05, 0.1) is 0 Å². The summed E-state index contributed by atoms with van der Waals surface area (Å²) in [5.74, 6) is -0.192. The molecule has 0 saturated carbocycles. The van der Waals surface area contributed by atoms with E-state index in [-0.39, 0.29) is 11.5 Å². The molecular weight excluding hydrogens is 228 g/mol. The fourth-order valence-electron chi connectivity index (χ4n) is 1.30. The number of rotatable bonds is 3. The van der Waals surface area contributed by atoms with Crippen molar-refractivity contribution < 1.29 is 4.79 Å². The van der Waals surface area contributed by atoms with Gasteiger partial charge in [-0.1, -0.05) is 6.07 Å². The Hall–Kier alpha value is -2.79. The molecule has 0 heterocycles. The average molecular weight is 240 g/mol. The SMILES string of the molecule is CNC(=O)c1ccc(C)c(NC=C(C#N)C#N)c1. The first-order valence-electron chi connectivity index (χ1n) is 5.22. The summed E-state index contributed by atoms with van der Waals surface area (Å²) in [6.45, 7) is 1.86. The number of carbonyl (C=O) groups is 1. The van der Waals surface area contributed by atoms with Gasteiger partial charge < -0.3 is 10.6 Å². The molecule has 2 N–H and O–H groups in total. The van der Waals surface area contributed by atoms with Gasteiger partial charge in [0.2, 0.25) is 0 Å². The molecule has 0 fully saturated rings. The summed E-state index contributed by atoms with van der Waals surface area (Å²) in [4.78, 5) is 11.5. The molecule has 90 valence electrons. The Morgan fingerprint density at radius 3 is 2.56 bits per heavy atom. The van der Waals surface area contributed by atoms with E-state index in [0.717, 1.165) is 5.56 Å². The molecule has 5 heteroatoms. The van der Waals surface area contributed by atoms with Crippen LogP contribution in [0.5, 0.6) is 0 Å². The molecule has 0 radical (unpaired) electrons. The highest BCUT2D eigenvalue weighted by atomic mass is 16.1. The van der Waals surface area contributed by atoms with E-state index in [9.17, 15) is 4.79 Å². The number of hydrogen-bond donors (Lipinski definition) is 2. The fourth-order valence-corrected chi connectivity index (χ4v) is 1.30. The van der Waals surface area contributed by atoms with Gasteiger partial charge in [0.1, 0.15) is 17.7 Å². The Kier molecular flexibility index (Phi) is 4.48. The lowest BCUT2D eigenvalue weighted by Gasteiger charge is -2.07. The molecule has 1 aromatic carbocycles. The second kappa shape index (κ2) is 6.07. The topological polar surface area (TPSA) is 88.7 Å². The van der Waals surface area contributed by atoms with E-state index in [4.69, 9.17) is 10.5 Å². The molecule has 5 nitrogen and oxygen atoms in total. The molecule has 0 aliphatic rings. The van der Waals surface area contributed by atoms with Crippen LogP contribution in [0.1, 0.15) is 15.9 Å². The van der Waals surface area contributed by atoms with Crippen LogP contribution in [-0.2, 0) is 0 Å². The van der Waals surface area contributed by atoms with Crippen LogP contribution in [0.25, 0.3) is 0 Å². The molecule has 0 aromatic heterocycles. The zero-order valence-electron chi connectivity index (χ0n) is 10.1. The van der Waals surface area contributed by atoms with Gasteiger partial charge in [-0.15, -0.1) is 0 Å². The lowest BCUT2D eigenvalue weighted by Crippen LogP contribution is -2.17. The number of amides is 1. The number of nitriles is 2. The molecule has 0 spiro atoms. The number of hydrogen-bond acceptors (Lipinski definition) is 4. The number of nitrogens with zero attached hydrogens (tertiary/aromatic N) is 2. The fraction of sp³-hybridized carbons (Fsp3) is 0.154. The normalized spacial score (nSPS) is 8.67. The predicted octanol–water partition coefficient (Wildman–Crippen LogP) is 1.70. The van der Waals surface area contributed by atoms with Crippen molar-refractivity contribution in [1.82, 2.24) is 5.32 Å². The number of allylic oxidation sites excluding steroid dienone is 1. The highest BCUT2D eigenvalue weighted by Crippen LogP contribution is 2.17. The lowest BCUT2D eigenvalue weighted by atomic mass is 10.1. The Balaban J connectivity index is 3.03. The third-order valence-electron chi connectivity index (χ3n) is 2.34. The van der Waals surface area contributed by atoms with Gasteiger partial charge >= 0.3 is 0 Å². The highest BCUT2D eigenvalue weighted by Gasteiger charge is 2.05. The number of carbonyl (C=O) groups excluding carboxylic acids is 1. The van der Waals surface area contributed by atoms with Crippen LogP contribution < -0.4 is 10.6 Å². The van der Waals surface area contributed by atoms with E-state index >= 15 is 0 Å². The van der Waals surface area contributed by atoms with Crippen LogP contribution in [0, 0.1) is 29.6 Å². The maximum atomic E-state index is 11.5. The number of benzene rings is 1. The Morgan fingerprint density at radius 2 is 2.00 bits per heavy atom. The van der Waals surface area contributed by atoms with Crippen molar-refractivity contribution in [2.75, 3.05) is 12.4 Å². The lowest BCUT2D eigenvalue weighted by molar-refractivity contribution is 0.0963. The second-order valence-corrected chi connectivity index (χ2v) is 3.53. The Morgan fingerprint density at radius 1 is 1.33 bits per heavy atom. The summed E-state index contributed by atoms with van der Waals surface area (Å²) in [5.41, 5.74) is 2.07. The summed E-state index contributed by atoms with van der Waals surface area (Å²) in [6, 6.07) is 8.66. The molecule has 0 aliphatic heterocycles. The quantitative estimate of drug-likeness (QED) is 0.787. The highest BCUT2D eigenvalue weighted by molar-refractivity contribution is 5.95. The van der Waals surface area contributed by atoms with E-state index in [2.05, 4.69) is 10.6 Å². The molecule has 1 aromatic rings. The van der Waals surface area contributed by atoms with Gasteiger partial charge in [0, 0.05) is 24.5 Å². The van der Waals surface area contributed by atoms with Gasteiger partial charge in [0.25, 0.3) is 5.91 Å². The zero-order valence-corrected chi connectivity index (χ0v) is 10.1. The average Bonchev–Trinajstić information content (AvgIpc) is 2.40. The van der Waals surface area contributed by atoms with Crippen molar-refractivity contribution in [3.8, 4) is 12.1 Å². The summed E-state index contributed by atoms with van der Waals surface area (Å²) in [6.07, 6.45) is 1.32. The smallest absolute Gasteiger partial charge is 0.251 e. The third kappa shape index (κ3) is 3.10. The molecule has 1 amide bonds. The van der Waals surface area contributed by atoms with Crippen LogP contribution >= 0.6 is 0 Å². The van der Waals surface area contributed by atoms with Crippen LogP contribution in [0.2, 0.25) is 0 Å². The van der Waals surface area contributed by atoms with Crippen LogP contribution in [-0.4, -0.2) is 13.0 Å². The summed E-state index contributed by atoms with van der Waals surface area (Å²) >= 11 is 0. The number of anilines is 1. The minimum absolute atomic E-state index is 0.0280. The number of nitrogens with one attached hydrogen (secondary N) is 2. The summed E-state index contributed by atoms with van der Waals surface area (Å²) in [5, 5.41) is 22.6. The van der Waals surface area contributed by atoms with Gasteiger partial charge in [-0.3, -0.25) is 4.79 Å². The third-order valence-corrected chi connectivity index (χ3v) is 2.34. The largest absolute Gasteiger partial charge is 0.360 e. The van der Waals surface area contributed by atoms with Crippen molar-refractivity contribution in [3.63, 3.8) is 0 Å². The van der Waals surface area contributed by atoms with Gasteiger partial charge in [-0.2, -0.15) is 10.5 Å². The maximum Gasteiger partial charge on any atom is 0.251 e. The van der Waals surface area contributed by atoms with E-state index in [1.165, 1.54) is 6.20 Å². The van der Waals surface area contributed by atoms with E-state index in [1.807, 2.05) is 6.92 Å². The van der Waals surface area contributed by atoms with E-state index in [1.54, 1.807) is 37.4 Å². The predicted molar refractivity (Wildman–Crippen MR) is 67.5 cm³/mol. The molecular formula is C13H12N4O. The van der Waals surface area contributed by atoms with Crippen molar-refractivity contribution in [1.29, 1.82) is 10.5 Å². The van der Waals surface area contributed by atoms with E-state index in [0.29, 0.717) is 11.3 Å². The van der Waals surface area contributed by atoms with Gasteiger partial charge in [0.15, 0.2) is 0 Å². The minimum Gasteiger partial charge on any atom is -0.360 e. The zero-order chi connectivity index (χ0) is 13.5. The molecule has 0 saturated heterocycles. The molecule has 0 unspecified atom stereocenters. The van der Waals surface area contributed by atoms with Crippen molar-refractivity contribution in [2.24, 2.45) is 0 Å². The van der Waals surface area contributed by atoms with Crippen molar-refractivity contribution >= 4 is 11.6 Å². The molecule has 1 rings (SSSR count). The summed E-state index contributed by atoms with van der Waals surface area (Å²) in [7, 11) is 1.55. The summed E-state index contributed by atoms with van der Waals surface area (Å²) < 4.78 is 0. The number of aryl methyl sites for hydroxylation is 1. The minimum atomic E-state index is -0.192. The maximum absolute atomic E-state index is 11.5. The monoisotopic (exact) mass is 240 g/mol. The first-order chi connectivity index (χ1) is 8.62. The van der Waals surface area contributed by atoms with Gasteiger partial charge in [-0.25, -0.2) is 0 Å². The first kappa shape index (κ1) is 13.3. The first-order valence-corrected chi connectivity index (χ1v) is 5.22. The molecule has 0 atom stereocenters. The van der Waals surface area contributed by atoms with Gasteiger partial charge in [-0.05, 0) is 24.6 Å². The molecule has 0 aliphatic carbocycles. The van der Waals surface area contributed by atoms with Crippen molar-refractivity contribution in [2.45, 2.75) is 6.92 Å². The van der Waals surface area contributed by atoms with Crippen molar-refractivity contribution in [3.05, 3.63) is 41.1 Å². The second-order valence-electron chi connectivity index (χ2n) is 3.53. The Bertz CT molecular complexity index is 560. The molecule has 0 bridgehead atoms. The van der Waals surface area contributed by atoms with Crippen LogP contribution in [0.15, 0.2) is 30.0 Å². The standard InChI is InChI=1S/C13H12N4O/c1-9-3-4-11(13(18)16-2)5-12(9)17-8-10(6-14)7-15/h3-5,8,17H,1-2H3,(H,16,18). The molecule has 18 heavy (non-hydrogen) atoms. The van der Waals surface area contributed by atoms with Crippen LogP contribution in [0.3, 0.4) is 0 Å². The van der Waals surface area contributed by atoms with Crippen LogP contribution in [0.4, 0.5) is 5.69 Å². The Labute approximate surface area is 105 Å².